The summed E-state index contributed by atoms with van der Waals surface area (Å²) in [7, 11) is 5.91. The van der Waals surface area contributed by atoms with Crippen LogP contribution in [0.25, 0.3) is 21.2 Å². The molecule has 0 fully saturated rings. The highest BCUT2D eigenvalue weighted by Gasteiger charge is 2.47. The van der Waals surface area contributed by atoms with Crippen LogP contribution in [0.5, 0.6) is 23.0 Å². The zero-order valence-electron chi connectivity index (χ0n) is 23.4. The Morgan fingerprint density at radius 1 is 0.952 bits per heavy atom. The highest BCUT2D eigenvalue weighted by molar-refractivity contribution is 7.22. The van der Waals surface area contributed by atoms with Gasteiger partial charge in [-0.25, -0.2) is 4.98 Å². The van der Waals surface area contributed by atoms with Crippen LogP contribution in [0.4, 0.5) is 5.13 Å². The zero-order chi connectivity index (χ0) is 29.7. The van der Waals surface area contributed by atoms with Crippen molar-refractivity contribution in [3.05, 3.63) is 82.8 Å². The van der Waals surface area contributed by atoms with Gasteiger partial charge in [0.25, 0.3) is 5.91 Å². The Bertz CT molecular complexity index is 1900. The van der Waals surface area contributed by atoms with Gasteiger partial charge < -0.3 is 28.5 Å². The minimum absolute atomic E-state index is 0.0666. The van der Waals surface area contributed by atoms with Crippen LogP contribution < -0.4 is 23.8 Å². The third kappa shape index (κ3) is 4.20. The molecule has 3 heterocycles. The molecule has 10 nitrogen and oxygen atoms in total. The smallest absolute Gasteiger partial charge is 0.296 e. The van der Waals surface area contributed by atoms with Crippen molar-refractivity contribution < 1.29 is 38.1 Å². The Labute approximate surface area is 244 Å². The molecule has 0 radical (unpaired) electrons. The number of methoxy groups -OCH3 is 4. The molecule has 0 aliphatic carbocycles. The van der Waals surface area contributed by atoms with Crippen LogP contribution in [0.1, 0.15) is 27.7 Å². The van der Waals surface area contributed by atoms with Gasteiger partial charge >= 0.3 is 0 Å². The summed E-state index contributed by atoms with van der Waals surface area (Å²) in [6.07, 6.45) is 0. The molecule has 11 heteroatoms. The fourth-order valence-corrected chi connectivity index (χ4v) is 6.26. The van der Waals surface area contributed by atoms with E-state index in [1.54, 1.807) is 36.4 Å². The second-order valence-corrected chi connectivity index (χ2v) is 10.6. The van der Waals surface area contributed by atoms with Gasteiger partial charge in [0.15, 0.2) is 39.5 Å². The van der Waals surface area contributed by atoms with Gasteiger partial charge in [-0.3, -0.25) is 14.5 Å². The minimum Gasteiger partial charge on any atom is -0.503 e. The second-order valence-electron chi connectivity index (χ2n) is 9.58. The topological polar surface area (TPSA) is 121 Å². The van der Waals surface area contributed by atoms with Crippen LogP contribution in [0.2, 0.25) is 0 Å². The third-order valence-corrected chi connectivity index (χ3v) is 8.16. The van der Waals surface area contributed by atoms with Crippen molar-refractivity contribution in [2.24, 2.45) is 0 Å². The summed E-state index contributed by atoms with van der Waals surface area (Å²) in [5.74, 6) is -0.819. The van der Waals surface area contributed by atoms with Crippen molar-refractivity contribution in [1.29, 1.82) is 0 Å². The van der Waals surface area contributed by atoms with E-state index in [1.165, 1.54) is 44.7 Å². The first-order valence-electron chi connectivity index (χ1n) is 12.8. The predicted molar refractivity (Wildman–Crippen MR) is 157 cm³/mol. The number of aromatic nitrogens is 1. The first-order chi connectivity index (χ1) is 20.3. The Hall–Kier alpha value is -5.03. The number of carbonyl (C=O) groups excluding carboxylic acids is 2. The number of aliphatic hydroxyl groups is 1. The van der Waals surface area contributed by atoms with E-state index >= 15 is 0 Å². The van der Waals surface area contributed by atoms with E-state index in [4.69, 9.17) is 23.4 Å². The number of para-hydroxylation sites is 1. The summed E-state index contributed by atoms with van der Waals surface area (Å²) in [5.41, 5.74) is 2.33. The van der Waals surface area contributed by atoms with Crippen molar-refractivity contribution in [3.63, 3.8) is 0 Å². The number of amides is 1. The van der Waals surface area contributed by atoms with Gasteiger partial charge in [-0.1, -0.05) is 29.5 Å². The molecule has 0 bridgehead atoms. The van der Waals surface area contributed by atoms with Gasteiger partial charge in [0, 0.05) is 5.39 Å². The third-order valence-electron chi connectivity index (χ3n) is 7.15. The Morgan fingerprint density at radius 3 is 2.33 bits per heavy atom. The Balaban J connectivity index is 1.56. The average Bonchev–Trinajstić information content (AvgIpc) is 3.69. The second kappa shape index (κ2) is 10.4. The lowest BCUT2D eigenvalue weighted by Crippen LogP contribution is -2.31. The predicted octanol–water partition coefficient (Wildman–Crippen LogP) is 6.17. The number of fused-ring (bicyclic) bond motifs is 2. The molecule has 1 unspecified atom stereocenters. The summed E-state index contributed by atoms with van der Waals surface area (Å²) in [4.78, 5) is 33.9. The molecule has 5 aromatic rings. The number of rotatable bonds is 8. The highest BCUT2D eigenvalue weighted by Crippen LogP contribution is 2.48. The molecule has 0 saturated carbocycles. The number of aliphatic hydroxyl groups excluding tert-OH is 1. The molecule has 1 atom stereocenters. The maximum absolute atomic E-state index is 14.1. The van der Waals surface area contributed by atoms with Gasteiger partial charge in [0.1, 0.15) is 0 Å². The number of carbonyl (C=O) groups is 2. The standard InChI is InChI=1S/C31H26N2O8S/c1-15-9-10-18-23(11-15)42-31(32-18)33-25(17-13-21(38-3)29(40-5)22(14-17)39-4)24(27(35)30(33)36)26(34)20-12-16-7-6-8-19(37-2)28(16)41-20/h6-14,25,35H,1-5H3. The fourth-order valence-electron chi connectivity index (χ4n) is 5.17. The van der Waals surface area contributed by atoms with Gasteiger partial charge in [-0.2, -0.15) is 0 Å². The van der Waals surface area contributed by atoms with Crippen LogP contribution in [-0.2, 0) is 4.79 Å². The van der Waals surface area contributed by atoms with E-state index in [9.17, 15) is 14.7 Å². The molecule has 0 saturated heterocycles. The summed E-state index contributed by atoms with van der Waals surface area (Å²) in [6.45, 7) is 1.96. The number of furan rings is 1. The van der Waals surface area contributed by atoms with E-state index in [0.717, 1.165) is 10.3 Å². The molecule has 3 aromatic carbocycles. The number of hydrogen-bond donors (Lipinski definition) is 1. The van der Waals surface area contributed by atoms with Gasteiger partial charge in [0.05, 0.1) is 50.3 Å². The van der Waals surface area contributed by atoms with Crippen LogP contribution >= 0.6 is 11.3 Å². The molecule has 1 N–H and O–H groups in total. The first kappa shape index (κ1) is 27.2. The maximum atomic E-state index is 14.1. The number of ether oxygens (including phenoxy) is 4. The summed E-state index contributed by atoms with van der Waals surface area (Å²) in [6, 6.07) is 14.7. The first-order valence-corrected chi connectivity index (χ1v) is 13.7. The molecule has 2 aromatic heterocycles. The van der Waals surface area contributed by atoms with Crippen LogP contribution in [0, 0.1) is 6.92 Å². The van der Waals surface area contributed by atoms with Crippen molar-refractivity contribution in [1.82, 2.24) is 4.98 Å². The molecule has 1 aliphatic heterocycles. The number of Topliss-reactive ketones (excluding diaryl/α,β-unsaturated/α-hetero) is 1. The molecule has 1 amide bonds. The number of ketones is 1. The van der Waals surface area contributed by atoms with E-state index in [1.807, 2.05) is 25.1 Å². The highest BCUT2D eigenvalue weighted by atomic mass is 32.1. The number of thiazole rings is 1. The van der Waals surface area contributed by atoms with Crippen LogP contribution in [0.15, 0.2) is 70.3 Å². The van der Waals surface area contributed by atoms with E-state index in [-0.39, 0.29) is 11.3 Å². The summed E-state index contributed by atoms with van der Waals surface area (Å²) in [5, 5.41) is 12.2. The fraction of sp³-hybridized carbons (Fsp3) is 0.194. The monoisotopic (exact) mass is 586 g/mol. The minimum atomic E-state index is -1.10. The van der Waals surface area contributed by atoms with Gasteiger partial charge in [-0.15, -0.1) is 0 Å². The number of nitrogens with zero attached hydrogens (tertiary/aromatic N) is 2. The maximum Gasteiger partial charge on any atom is 0.296 e. The zero-order valence-corrected chi connectivity index (χ0v) is 24.2. The van der Waals surface area contributed by atoms with Crippen molar-refractivity contribution in [3.8, 4) is 23.0 Å². The summed E-state index contributed by atoms with van der Waals surface area (Å²) < 4.78 is 28.8. The van der Waals surface area contributed by atoms with E-state index in [2.05, 4.69) is 4.98 Å². The molecular weight excluding hydrogens is 560 g/mol. The molecule has 6 rings (SSSR count). The SMILES string of the molecule is COc1cc(C2C(C(=O)c3cc4cccc(OC)c4o3)=C(O)C(=O)N2c2nc3ccc(C)cc3s2)cc(OC)c1OC. The Kier molecular flexibility index (Phi) is 6.74. The van der Waals surface area contributed by atoms with E-state index in [0.29, 0.717) is 50.2 Å². The Morgan fingerprint density at radius 2 is 1.67 bits per heavy atom. The van der Waals surface area contributed by atoms with Crippen LogP contribution in [-0.4, -0.2) is 50.2 Å². The van der Waals surface area contributed by atoms with Crippen molar-refractivity contribution in [2.75, 3.05) is 33.3 Å². The van der Waals surface area contributed by atoms with Crippen LogP contribution in [0.3, 0.4) is 0 Å². The lowest BCUT2D eigenvalue weighted by atomic mass is 9.94. The van der Waals surface area contributed by atoms with Gasteiger partial charge in [-0.05, 0) is 54.4 Å². The largest absolute Gasteiger partial charge is 0.503 e. The van der Waals surface area contributed by atoms with Crippen molar-refractivity contribution >= 4 is 49.3 Å². The molecule has 0 spiro atoms. The molecular formula is C31H26N2O8S. The number of benzene rings is 3. The number of aryl methyl sites for hydroxylation is 1. The molecule has 1 aliphatic rings. The summed E-state index contributed by atoms with van der Waals surface area (Å²) >= 11 is 1.28. The quantitative estimate of drug-likeness (QED) is 0.213. The number of anilines is 1. The van der Waals surface area contributed by atoms with E-state index < -0.39 is 23.5 Å². The number of hydrogen-bond acceptors (Lipinski definition) is 10. The lowest BCUT2D eigenvalue weighted by Gasteiger charge is -2.25. The average molecular weight is 587 g/mol. The molecule has 42 heavy (non-hydrogen) atoms. The molecule has 214 valence electrons. The van der Waals surface area contributed by atoms with Gasteiger partial charge in [0.2, 0.25) is 11.5 Å². The lowest BCUT2D eigenvalue weighted by molar-refractivity contribution is -0.117. The normalized spacial score (nSPS) is 15.1. The van der Waals surface area contributed by atoms with Crippen molar-refractivity contribution in [2.45, 2.75) is 13.0 Å².